The summed E-state index contributed by atoms with van der Waals surface area (Å²) in [6, 6.07) is 13.6. The number of carboxylic acids is 1. The number of fused-ring (bicyclic) bond motifs is 2. The Morgan fingerprint density at radius 3 is 2.48 bits per heavy atom. The van der Waals surface area contributed by atoms with Gasteiger partial charge < -0.3 is 10.4 Å². The molecule has 29 heavy (non-hydrogen) atoms. The summed E-state index contributed by atoms with van der Waals surface area (Å²) in [7, 11) is 0. The maximum absolute atomic E-state index is 13.6. The van der Waals surface area contributed by atoms with Gasteiger partial charge in [0, 0.05) is 22.7 Å². The van der Waals surface area contributed by atoms with E-state index in [-0.39, 0.29) is 17.4 Å². The normalized spacial score (nSPS) is 28.4. The van der Waals surface area contributed by atoms with Gasteiger partial charge in [-0.05, 0) is 35.1 Å². The Balaban J connectivity index is 1.99. The van der Waals surface area contributed by atoms with E-state index in [2.05, 4.69) is 31.4 Å². The van der Waals surface area contributed by atoms with Crippen molar-refractivity contribution in [2.24, 2.45) is 5.41 Å². The van der Waals surface area contributed by atoms with Crippen molar-refractivity contribution < 1.29 is 14.7 Å². The number of carbonyl (C=O) groups is 2. The first kappa shape index (κ1) is 19.9. The van der Waals surface area contributed by atoms with Crippen molar-refractivity contribution in [3.8, 4) is 0 Å². The van der Waals surface area contributed by atoms with Gasteiger partial charge in [0.05, 0.1) is 0 Å². The molecule has 6 heteroatoms. The number of halogens is 1. The Morgan fingerprint density at radius 2 is 1.86 bits per heavy atom. The third-order valence-corrected chi connectivity index (χ3v) is 6.28. The fourth-order valence-corrected chi connectivity index (χ4v) is 5.24. The molecule has 2 aliphatic rings. The van der Waals surface area contributed by atoms with Crippen LogP contribution in [-0.2, 0) is 15.0 Å². The van der Waals surface area contributed by atoms with Gasteiger partial charge in [0.2, 0.25) is 5.91 Å². The highest BCUT2D eigenvalue weighted by atomic mass is 35.5. The van der Waals surface area contributed by atoms with Crippen LogP contribution >= 0.6 is 11.6 Å². The second kappa shape index (κ2) is 6.85. The number of benzene rings is 2. The molecular formula is C23H25ClN2O3. The van der Waals surface area contributed by atoms with Crippen LogP contribution < -0.4 is 10.6 Å². The summed E-state index contributed by atoms with van der Waals surface area (Å²) in [5.41, 5.74) is 1.18. The zero-order valence-electron chi connectivity index (χ0n) is 16.7. The Bertz CT molecular complexity index is 970. The fraction of sp³-hybridized carbons (Fsp3) is 0.391. The molecule has 3 N–H and O–H groups in total. The predicted octanol–water partition coefficient (Wildman–Crippen LogP) is 4.17. The highest BCUT2D eigenvalue weighted by Crippen LogP contribution is 2.56. The average Bonchev–Trinajstić information content (AvgIpc) is 3.11. The number of carboxylic acid groups (broad SMARTS) is 1. The van der Waals surface area contributed by atoms with Gasteiger partial charge in [-0.2, -0.15) is 0 Å². The number of nitrogens with one attached hydrogen (secondary N) is 2. The molecule has 2 aliphatic heterocycles. The lowest BCUT2D eigenvalue weighted by atomic mass is 9.62. The number of aliphatic carboxylic acids is 1. The Hall–Kier alpha value is -2.37. The minimum absolute atomic E-state index is 0.102. The average molecular weight is 413 g/mol. The zero-order chi connectivity index (χ0) is 21.0. The predicted molar refractivity (Wildman–Crippen MR) is 113 cm³/mol. The molecule has 2 aromatic rings. The summed E-state index contributed by atoms with van der Waals surface area (Å²) in [6.45, 7) is 6.30. The van der Waals surface area contributed by atoms with Gasteiger partial charge >= 0.3 is 5.97 Å². The summed E-state index contributed by atoms with van der Waals surface area (Å²) < 4.78 is 0. The summed E-state index contributed by atoms with van der Waals surface area (Å²) in [5.74, 6) is -1.67. The van der Waals surface area contributed by atoms with E-state index in [1.54, 1.807) is 12.1 Å². The van der Waals surface area contributed by atoms with Crippen LogP contribution in [0.15, 0.2) is 48.5 Å². The van der Waals surface area contributed by atoms with Gasteiger partial charge in [-0.15, -0.1) is 0 Å². The molecule has 0 aromatic heterocycles. The molecule has 1 fully saturated rings. The lowest BCUT2D eigenvalue weighted by Crippen LogP contribution is -2.49. The molecule has 1 amide bonds. The molecule has 0 bridgehead atoms. The molecule has 0 saturated carbocycles. The van der Waals surface area contributed by atoms with Crippen LogP contribution in [0.4, 0.5) is 5.69 Å². The number of carbonyl (C=O) groups excluding carboxylic acids is 1. The molecule has 2 heterocycles. The number of rotatable bonds is 3. The van der Waals surface area contributed by atoms with E-state index in [1.165, 1.54) is 0 Å². The number of hydrogen-bond donors (Lipinski definition) is 3. The minimum Gasteiger partial charge on any atom is -0.480 e. The zero-order valence-corrected chi connectivity index (χ0v) is 17.5. The van der Waals surface area contributed by atoms with Crippen molar-refractivity contribution in [3.63, 3.8) is 0 Å². The molecule has 4 unspecified atom stereocenters. The van der Waals surface area contributed by atoms with Crippen molar-refractivity contribution in [2.45, 2.75) is 50.6 Å². The summed E-state index contributed by atoms with van der Waals surface area (Å²) >= 11 is 6.18. The number of anilines is 1. The molecule has 2 aromatic carbocycles. The van der Waals surface area contributed by atoms with Crippen molar-refractivity contribution in [1.29, 1.82) is 0 Å². The standard InChI is InChI=1S/C23H25ClN2O3/c1-22(2,3)12-17-23(15-10-9-14(24)11-16(15)25-21(23)29)18(19(26-17)20(27)28)13-7-5-4-6-8-13/h4-11,17-19,26H,12H2,1-3H3,(H,25,29)(H,27,28). The molecule has 5 nitrogen and oxygen atoms in total. The first-order chi connectivity index (χ1) is 13.6. The summed E-state index contributed by atoms with van der Waals surface area (Å²) in [4.78, 5) is 25.9. The summed E-state index contributed by atoms with van der Waals surface area (Å²) in [5, 5.41) is 16.9. The number of hydrogen-bond acceptors (Lipinski definition) is 3. The molecule has 4 atom stereocenters. The monoisotopic (exact) mass is 412 g/mol. The van der Waals surface area contributed by atoms with Crippen LogP contribution in [0.5, 0.6) is 0 Å². The van der Waals surface area contributed by atoms with Crippen LogP contribution in [0.25, 0.3) is 0 Å². The molecule has 1 spiro atoms. The Kier molecular flexibility index (Phi) is 4.71. The van der Waals surface area contributed by atoms with Crippen molar-refractivity contribution in [2.75, 3.05) is 5.32 Å². The van der Waals surface area contributed by atoms with Gasteiger partial charge in [0.15, 0.2) is 0 Å². The van der Waals surface area contributed by atoms with Crippen molar-refractivity contribution in [3.05, 3.63) is 64.7 Å². The maximum Gasteiger partial charge on any atom is 0.321 e. The molecular weight excluding hydrogens is 388 g/mol. The molecule has 4 rings (SSSR count). The van der Waals surface area contributed by atoms with Crippen molar-refractivity contribution >= 4 is 29.2 Å². The lowest BCUT2D eigenvalue weighted by molar-refractivity contribution is -0.139. The van der Waals surface area contributed by atoms with Crippen LogP contribution in [0.2, 0.25) is 5.02 Å². The molecule has 0 radical (unpaired) electrons. The molecule has 1 saturated heterocycles. The largest absolute Gasteiger partial charge is 0.480 e. The molecule has 0 aliphatic carbocycles. The Morgan fingerprint density at radius 1 is 1.17 bits per heavy atom. The second-order valence-corrected chi connectivity index (χ2v) is 9.64. The minimum atomic E-state index is -1.03. The van der Waals surface area contributed by atoms with E-state index < -0.39 is 23.3 Å². The van der Waals surface area contributed by atoms with Gasteiger partial charge in [0.1, 0.15) is 11.5 Å². The van der Waals surface area contributed by atoms with Gasteiger partial charge in [-0.3, -0.25) is 14.9 Å². The molecule has 152 valence electrons. The third-order valence-electron chi connectivity index (χ3n) is 6.05. The highest BCUT2D eigenvalue weighted by molar-refractivity contribution is 6.31. The topological polar surface area (TPSA) is 78.4 Å². The first-order valence-corrected chi connectivity index (χ1v) is 10.2. The third kappa shape index (κ3) is 3.13. The summed E-state index contributed by atoms with van der Waals surface area (Å²) in [6.07, 6.45) is 0.648. The van der Waals surface area contributed by atoms with Crippen LogP contribution in [0.3, 0.4) is 0 Å². The maximum atomic E-state index is 13.6. The second-order valence-electron chi connectivity index (χ2n) is 9.20. The van der Waals surface area contributed by atoms with E-state index in [9.17, 15) is 14.7 Å². The fourth-order valence-electron chi connectivity index (χ4n) is 5.07. The van der Waals surface area contributed by atoms with E-state index in [0.717, 1.165) is 11.1 Å². The van der Waals surface area contributed by atoms with Gasteiger partial charge in [-0.1, -0.05) is 68.8 Å². The van der Waals surface area contributed by atoms with Crippen molar-refractivity contribution in [1.82, 2.24) is 5.32 Å². The quantitative estimate of drug-likeness (QED) is 0.706. The first-order valence-electron chi connectivity index (χ1n) is 9.80. The van der Waals surface area contributed by atoms with Crippen LogP contribution in [-0.4, -0.2) is 29.1 Å². The SMILES string of the molecule is CC(C)(C)CC1NC(C(=O)O)C(c2ccccc2)C12C(=O)Nc1cc(Cl)ccc12. The van der Waals surface area contributed by atoms with Gasteiger partial charge in [0.25, 0.3) is 0 Å². The van der Waals surface area contributed by atoms with Gasteiger partial charge in [-0.25, -0.2) is 0 Å². The van der Waals surface area contributed by atoms with E-state index in [1.807, 2.05) is 36.4 Å². The smallest absolute Gasteiger partial charge is 0.321 e. The van der Waals surface area contributed by atoms with E-state index >= 15 is 0 Å². The number of amides is 1. The van der Waals surface area contributed by atoms with E-state index in [0.29, 0.717) is 17.1 Å². The highest BCUT2D eigenvalue weighted by Gasteiger charge is 2.65. The van der Waals surface area contributed by atoms with Crippen LogP contribution in [0, 0.1) is 5.41 Å². The van der Waals surface area contributed by atoms with E-state index in [4.69, 9.17) is 11.6 Å². The Labute approximate surface area is 175 Å². The van der Waals surface area contributed by atoms with Crippen LogP contribution in [0.1, 0.15) is 44.2 Å². The lowest BCUT2D eigenvalue weighted by Gasteiger charge is -2.37.